The van der Waals surface area contributed by atoms with Gasteiger partial charge >= 0.3 is 0 Å². The number of anilines is 1. The van der Waals surface area contributed by atoms with Gasteiger partial charge in [0.15, 0.2) is 0 Å². The third kappa shape index (κ3) is 6.79. The number of Topliss-reactive ketones (excluding diaryl/α,β-unsaturated/α-hetero) is 1. The summed E-state index contributed by atoms with van der Waals surface area (Å²) in [5, 5.41) is 17.6. The van der Waals surface area contributed by atoms with Crippen LogP contribution in [0.1, 0.15) is 61.1 Å². The van der Waals surface area contributed by atoms with Gasteiger partial charge in [-0.3, -0.25) is 28.8 Å². The maximum atomic E-state index is 13.2. The summed E-state index contributed by atoms with van der Waals surface area (Å²) in [6, 6.07) is 1.76. The lowest BCUT2D eigenvalue weighted by molar-refractivity contribution is -0.137. The number of nitrogens with one attached hydrogen (secondary N) is 4. The number of amides is 4. The van der Waals surface area contributed by atoms with E-state index in [1.165, 1.54) is 60.7 Å². The van der Waals surface area contributed by atoms with Crippen molar-refractivity contribution in [2.75, 3.05) is 12.4 Å². The van der Waals surface area contributed by atoms with Gasteiger partial charge in [0.05, 0.1) is 6.20 Å². The molecule has 4 N–H and O–H groups in total. The fourth-order valence-electron chi connectivity index (χ4n) is 5.55. The standard InChI is InChI=1S/C26H34N8O6.4H2/c1-27-25(39)21(35)9-8-17(30-24(38)20-13-28-32-33(20)2)23(37)31-18-7-4-10-34(26(18)40)14-22(36)29-19-12-15-5-3-6-16(19)11-15;;;;/h4,7,10,13,15-17,19H,3,5-6,8-9,11-12,14H2,1-2H3,(H,27,39)(H,29,36)(H,30,38)(H,31,37);4*1H/t15?,16?,17-,19?;;;;/m0..../s1. The van der Waals surface area contributed by atoms with Gasteiger partial charge in [-0.25, -0.2) is 4.68 Å². The average Bonchev–Trinajstić information content (AvgIpc) is 3.48. The van der Waals surface area contributed by atoms with Gasteiger partial charge in [-0.05, 0) is 49.7 Å². The van der Waals surface area contributed by atoms with Crippen LogP contribution in [0.4, 0.5) is 5.69 Å². The number of aromatic nitrogens is 4. The zero-order chi connectivity index (χ0) is 28.8. The van der Waals surface area contributed by atoms with Crippen molar-refractivity contribution >= 4 is 35.1 Å². The first-order chi connectivity index (χ1) is 19.2. The fourth-order valence-corrected chi connectivity index (χ4v) is 5.55. The minimum Gasteiger partial charge on any atom is -0.353 e. The van der Waals surface area contributed by atoms with Crippen LogP contribution in [0.2, 0.25) is 0 Å². The maximum absolute atomic E-state index is 13.2. The van der Waals surface area contributed by atoms with Crippen LogP contribution in [-0.2, 0) is 32.8 Å². The van der Waals surface area contributed by atoms with Crippen molar-refractivity contribution in [2.24, 2.45) is 18.9 Å². The molecular weight excluding hydrogens is 520 g/mol. The van der Waals surface area contributed by atoms with Crippen molar-refractivity contribution in [2.45, 2.75) is 63.6 Å². The first-order valence-electron chi connectivity index (χ1n) is 13.4. The lowest BCUT2D eigenvalue weighted by atomic mass is 9.89. The normalized spacial score (nSPS) is 20.3. The minimum atomic E-state index is -1.27. The lowest BCUT2D eigenvalue weighted by Crippen LogP contribution is -2.46. The van der Waals surface area contributed by atoms with Crippen molar-refractivity contribution in [3.63, 3.8) is 0 Å². The van der Waals surface area contributed by atoms with E-state index >= 15 is 0 Å². The second-order valence-corrected chi connectivity index (χ2v) is 10.4. The molecule has 40 heavy (non-hydrogen) atoms. The fraction of sp³-hybridized carbons (Fsp3) is 0.538. The van der Waals surface area contributed by atoms with E-state index in [-0.39, 0.29) is 48.4 Å². The monoisotopic (exact) mass is 562 g/mol. The quantitative estimate of drug-likeness (QED) is 0.285. The molecule has 2 aliphatic carbocycles. The Balaban J connectivity index is 0.00000462. The van der Waals surface area contributed by atoms with Crippen LogP contribution in [0.15, 0.2) is 29.3 Å². The summed E-state index contributed by atoms with van der Waals surface area (Å²) < 4.78 is 2.41. The summed E-state index contributed by atoms with van der Waals surface area (Å²) in [4.78, 5) is 75.4. The molecule has 0 aromatic carbocycles. The Morgan fingerprint density at radius 3 is 2.67 bits per heavy atom. The molecule has 4 rings (SSSR count). The topological polar surface area (TPSA) is 186 Å². The average molecular weight is 563 g/mol. The molecule has 2 heterocycles. The van der Waals surface area contributed by atoms with Crippen LogP contribution in [0.5, 0.6) is 0 Å². The van der Waals surface area contributed by atoms with Crippen molar-refractivity contribution in [3.05, 3.63) is 40.6 Å². The van der Waals surface area contributed by atoms with Gasteiger partial charge < -0.3 is 25.8 Å². The Labute approximate surface area is 236 Å². The van der Waals surface area contributed by atoms with Gasteiger partial charge in [0.1, 0.15) is 24.0 Å². The highest BCUT2D eigenvalue weighted by Gasteiger charge is 2.37. The minimum absolute atomic E-state index is 0. The Hall–Kier alpha value is -4.36. The summed E-state index contributed by atoms with van der Waals surface area (Å²) in [6.07, 6.45) is 7.72. The van der Waals surface area contributed by atoms with Crippen molar-refractivity contribution < 1.29 is 29.7 Å². The first kappa shape index (κ1) is 28.6. The number of hydrogen-bond acceptors (Lipinski definition) is 8. The van der Waals surface area contributed by atoms with E-state index in [1.54, 1.807) is 0 Å². The molecule has 14 heteroatoms. The Kier molecular flexibility index (Phi) is 9.07. The maximum Gasteiger partial charge on any atom is 0.287 e. The number of ketones is 1. The third-order valence-electron chi connectivity index (χ3n) is 7.63. The Morgan fingerprint density at radius 1 is 1.18 bits per heavy atom. The first-order valence-corrected chi connectivity index (χ1v) is 13.4. The molecule has 4 atom stereocenters. The highest BCUT2D eigenvalue weighted by molar-refractivity contribution is 6.36. The molecule has 2 aromatic rings. The van der Waals surface area contributed by atoms with Crippen molar-refractivity contribution in [3.8, 4) is 0 Å². The lowest BCUT2D eigenvalue weighted by Gasteiger charge is -2.22. The molecule has 2 aromatic heterocycles. The molecule has 0 spiro atoms. The molecular formula is C26H42N8O6. The largest absolute Gasteiger partial charge is 0.353 e. The molecule has 3 unspecified atom stereocenters. The Bertz CT molecular complexity index is 1370. The SMILES string of the molecule is CNC(=O)C(=O)CC[C@H](NC(=O)c1cnnn1C)C(=O)Nc1cccn(CC(=O)NC2CC3CCCC2C3)c1=O.[HH].[HH].[HH].[HH]. The zero-order valence-corrected chi connectivity index (χ0v) is 22.5. The molecule has 2 saturated carbocycles. The highest BCUT2D eigenvalue weighted by atomic mass is 16.2. The van der Waals surface area contributed by atoms with Crippen LogP contribution in [-0.4, -0.2) is 68.1 Å². The predicted octanol–water partition coefficient (Wildman–Crippen LogP) is 0.488. The van der Waals surface area contributed by atoms with Gasteiger partial charge in [-0.1, -0.05) is 18.1 Å². The predicted molar refractivity (Wildman–Crippen MR) is 150 cm³/mol. The second-order valence-electron chi connectivity index (χ2n) is 10.4. The van der Waals surface area contributed by atoms with Gasteiger partial charge in [0.25, 0.3) is 17.4 Å². The molecule has 2 bridgehead atoms. The highest BCUT2D eigenvalue weighted by Crippen LogP contribution is 2.42. The van der Waals surface area contributed by atoms with Crippen molar-refractivity contribution in [1.29, 1.82) is 0 Å². The smallest absolute Gasteiger partial charge is 0.287 e. The zero-order valence-electron chi connectivity index (χ0n) is 22.5. The van der Waals surface area contributed by atoms with Crippen LogP contribution in [0.3, 0.4) is 0 Å². The third-order valence-corrected chi connectivity index (χ3v) is 7.63. The summed E-state index contributed by atoms with van der Waals surface area (Å²) in [5.74, 6) is -2.19. The molecule has 2 aliphatic rings. The number of fused-ring (bicyclic) bond motifs is 2. The van der Waals surface area contributed by atoms with E-state index in [2.05, 4.69) is 31.6 Å². The van der Waals surface area contributed by atoms with Crippen LogP contribution in [0.25, 0.3) is 0 Å². The van der Waals surface area contributed by atoms with E-state index in [4.69, 9.17) is 0 Å². The number of carbonyl (C=O) groups is 5. The molecule has 14 nitrogen and oxygen atoms in total. The number of rotatable bonds is 11. The van der Waals surface area contributed by atoms with E-state index in [1.807, 2.05) is 0 Å². The summed E-state index contributed by atoms with van der Waals surface area (Å²) in [5.41, 5.74) is -0.635. The van der Waals surface area contributed by atoms with Gasteiger partial charge in [-0.15, -0.1) is 5.10 Å². The summed E-state index contributed by atoms with van der Waals surface area (Å²) >= 11 is 0. The van der Waals surface area contributed by atoms with Gasteiger partial charge in [-0.2, -0.15) is 0 Å². The Morgan fingerprint density at radius 2 is 1.98 bits per heavy atom. The van der Waals surface area contributed by atoms with Crippen LogP contribution < -0.4 is 26.8 Å². The van der Waals surface area contributed by atoms with Gasteiger partial charge in [0.2, 0.25) is 17.6 Å². The molecule has 222 valence electrons. The van der Waals surface area contributed by atoms with E-state index < -0.39 is 35.1 Å². The number of pyridine rings is 1. The van der Waals surface area contributed by atoms with E-state index in [0.29, 0.717) is 11.8 Å². The number of nitrogens with zero attached hydrogens (tertiary/aromatic N) is 4. The summed E-state index contributed by atoms with van der Waals surface area (Å²) in [6.45, 7) is -0.204. The molecule has 2 fully saturated rings. The van der Waals surface area contributed by atoms with Crippen LogP contribution in [0, 0.1) is 11.8 Å². The molecule has 0 saturated heterocycles. The second kappa shape index (κ2) is 12.7. The van der Waals surface area contributed by atoms with E-state index in [0.717, 1.165) is 19.3 Å². The molecule has 4 amide bonds. The van der Waals surface area contributed by atoms with E-state index in [9.17, 15) is 28.8 Å². The molecule has 0 aliphatic heterocycles. The molecule has 0 radical (unpaired) electrons. The number of likely N-dealkylation sites (N-methyl/N-ethyl adjacent to an activating group) is 1. The van der Waals surface area contributed by atoms with Crippen LogP contribution >= 0.6 is 0 Å². The summed E-state index contributed by atoms with van der Waals surface area (Å²) in [7, 11) is 2.80. The number of carbonyl (C=O) groups excluding carboxylic acids is 5. The van der Waals surface area contributed by atoms with Crippen molar-refractivity contribution in [1.82, 2.24) is 35.5 Å². The number of aryl methyl sites for hydroxylation is 1. The van der Waals surface area contributed by atoms with Gasteiger partial charge in [0, 0.05) is 38.5 Å². The number of hydrogen-bond donors (Lipinski definition) is 4.